The van der Waals surface area contributed by atoms with Gasteiger partial charge in [-0.2, -0.15) is 0 Å². The Hall–Kier alpha value is -3.81. The molecule has 8 heteroatoms. The summed E-state index contributed by atoms with van der Waals surface area (Å²) in [5.41, 5.74) is 0.722. The van der Waals surface area contributed by atoms with E-state index in [1.807, 2.05) is 30.3 Å². The van der Waals surface area contributed by atoms with E-state index in [1.165, 1.54) is 0 Å². The van der Waals surface area contributed by atoms with Crippen LogP contribution in [0.2, 0.25) is 0 Å². The monoisotopic (exact) mass is 396 g/mol. The molecule has 8 nitrogen and oxygen atoms in total. The predicted molar refractivity (Wildman–Crippen MR) is 103 cm³/mol. The molecule has 29 heavy (non-hydrogen) atoms. The van der Waals surface area contributed by atoms with Gasteiger partial charge < -0.3 is 24.8 Å². The molecule has 0 aromatic heterocycles. The van der Waals surface area contributed by atoms with E-state index in [9.17, 15) is 14.4 Å². The lowest BCUT2D eigenvalue weighted by Crippen LogP contribution is -2.45. The van der Waals surface area contributed by atoms with E-state index >= 15 is 0 Å². The lowest BCUT2D eigenvalue weighted by atomic mass is 10.1. The smallest absolute Gasteiger partial charge is 0.338 e. The van der Waals surface area contributed by atoms with Crippen LogP contribution in [0.15, 0.2) is 65.9 Å². The van der Waals surface area contributed by atoms with Crippen LogP contribution in [0.4, 0.5) is 4.79 Å². The Labute approximate surface area is 167 Å². The summed E-state index contributed by atoms with van der Waals surface area (Å²) in [6.07, 6.45) is 0. The average Bonchev–Trinajstić information content (AvgIpc) is 2.73. The number of para-hydroxylation sites is 1. The first-order valence-corrected chi connectivity index (χ1v) is 9.01. The number of ether oxygens (including phenoxy) is 3. The Balaban J connectivity index is 1.63. The average molecular weight is 396 g/mol. The zero-order valence-corrected chi connectivity index (χ0v) is 15.8. The van der Waals surface area contributed by atoms with Crippen molar-refractivity contribution in [1.29, 1.82) is 0 Å². The summed E-state index contributed by atoms with van der Waals surface area (Å²) in [7, 11) is 0. The van der Waals surface area contributed by atoms with Gasteiger partial charge in [0.1, 0.15) is 18.1 Å². The standard InChI is InChI=1S/C21H20N2O6/c1-2-27-20(25)17-12-22-21(26)23-18(17)13-28-19(24)14-8-10-16(11-9-14)29-15-6-4-3-5-7-15/h3-11H,2,12-13H2,1H3,(H2,22,23,26). The van der Waals surface area contributed by atoms with Crippen LogP contribution in [0.25, 0.3) is 0 Å². The molecule has 2 N–H and O–H groups in total. The lowest BCUT2D eigenvalue weighted by Gasteiger charge is -2.21. The normalized spacial score (nSPS) is 13.2. The molecular formula is C21H20N2O6. The molecule has 0 saturated carbocycles. The first-order chi connectivity index (χ1) is 14.1. The molecule has 2 aromatic carbocycles. The highest BCUT2D eigenvalue weighted by Gasteiger charge is 2.24. The topological polar surface area (TPSA) is 103 Å². The molecule has 1 heterocycles. The fraction of sp³-hybridized carbons (Fsp3) is 0.190. The number of amides is 2. The molecule has 0 spiro atoms. The van der Waals surface area contributed by atoms with Crippen molar-refractivity contribution in [2.75, 3.05) is 19.8 Å². The fourth-order valence-corrected chi connectivity index (χ4v) is 2.57. The van der Waals surface area contributed by atoms with E-state index in [1.54, 1.807) is 31.2 Å². The predicted octanol–water partition coefficient (Wildman–Crippen LogP) is 2.77. The van der Waals surface area contributed by atoms with Crippen LogP contribution < -0.4 is 15.4 Å². The molecule has 0 bridgehead atoms. The Morgan fingerprint density at radius 3 is 2.31 bits per heavy atom. The zero-order chi connectivity index (χ0) is 20.6. The van der Waals surface area contributed by atoms with Gasteiger partial charge in [0.05, 0.1) is 30.0 Å². The summed E-state index contributed by atoms with van der Waals surface area (Å²) in [5.74, 6) is 0.0850. The van der Waals surface area contributed by atoms with E-state index in [0.29, 0.717) is 17.1 Å². The molecule has 3 rings (SSSR count). The fourth-order valence-electron chi connectivity index (χ4n) is 2.57. The highest BCUT2D eigenvalue weighted by atomic mass is 16.5. The third-order valence-electron chi connectivity index (χ3n) is 3.99. The van der Waals surface area contributed by atoms with Crippen molar-refractivity contribution < 1.29 is 28.6 Å². The number of benzene rings is 2. The SMILES string of the molecule is CCOC(=O)C1=C(COC(=O)c2ccc(Oc3ccccc3)cc2)NC(=O)NC1. The summed E-state index contributed by atoms with van der Waals surface area (Å²) in [6, 6.07) is 15.2. The second-order valence-electron chi connectivity index (χ2n) is 6.00. The summed E-state index contributed by atoms with van der Waals surface area (Å²) in [4.78, 5) is 35.8. The minimum absolute atomic E-state index is 0.00305. The van der Waals surface area contributed by atoms with Crippen LogP contribution in [-0.2, 0) is 14.3 Å². The van der Waals surface area contributed by atoms with Crippen LogP contribution in [0.1, 0.15) is 17.3 Å². The van der Waals surface area contributed by atoms with E-state index in [0.717, 1.165) is 0 Å². The molecule has 0 fully saturated rings. The number of hydrogen-bond acceptors (Lipinski definition) is 6. The first-order valence-electron chi connectivity index (χ1n) is 9.01. The van der Waals surface area contributed by atoms with E-state index in [-0.39, 0.29) is 31.0 Å². The number of carbonyl (C=O) groups excluding carboxylic acids is 3. The molecule has 0 unspecified atom stereocenters. The number of rotatable bonds is 7. The minimum atomic E-state index is -0.597. The molecule has 2 aromatic rings. The van der Waals surface area contributed by atoms with Crippen molar-refractivity contribution in [1.82, 2.24) is 10.6 Å². The molecule has 1 aliphatic rings. The molecule has 2 amide bonds. The Morgan fingerprint density at radius 2 is 1.62 bits per heavy atom. The molecule has 150 valence electrons. The third-order valence-corrected chi connectivity index (χ3v) is 3.99. The first kappa shape index (κ1) is 19.9. The van der Waals surface area contributed by atoms with Gasteiger partial charge in [0.15, 0.2) is 0 Å². The highest BCUT2D eigenvalue weighted by molar-refractivity contribution is 5.94. The highest BCUT2D eigenvalue weighted by Crippen LogP contribution is 2.21. The number of esters is 2. The zero-order valence-electron chi connectivity index (χ0n) is 15.8. The van der Waals surface area contributed by atoms with E-state index in [2.05, 4.69) is 10.6 Å². The molecule has 1 aliphatic heterocycles. The molecular weight excluding hydrogens is 376 g/mol. The number of carbonyl (C=O) groups is 3. The maximum Gasteiger partial charge on any atom is 0.338 e. The maximum absolute atomic E-state index is 12.3. The Kier molecular flexibility index (Phi) is 6.47. The van der Waals surface area contributed by atoms with Gasteiger partial charge in [-0.1, -0.05) is 18.2 Å². The quantitative estimate of drug-likeness (QED) is 0.698. The van der Waals surface area contributed by atoms with Crippen LogP contribution >= 0.6 is 0 Å². The van der Waals surface area contributed by atoms with Gasteiger partial charge in [-0.25, -0.2) is 14.4 Å². The lowest BCUT2D eigenvalue weighted by molar-refractivity contribution is -0.138. The molecule has 0 aliphatic carbocycles. The summed E-state index contributed by atoms with van der Waals surface area (Å²) < 4.78 is 15.9. The van der Waals surface area contributed by atoms with Crippen molar-refractivity contribution in [2.24, 2.45) is 0 Å². The van der Waals surface area contributed by atoms with Gasteiger partial charge in [0.2, 0.25) is 0 Å². The van der Waals surface area contributed by atoms with Crippen LogP contribution in [0, 0.1) is 0 Å². The Morgan fingerprint density at radius 1 is 0.931 bits per heavy atom. The minimum Gasteiger partial charge on any atom is -0.463 e. The van der Waals surface area contributed by atoms with Crippen LogP contribution in [-0.4, -0.2) is 37.7 Å². The van der Waals surface area contributed by atoms with Gasteiger partial charge >= 0.3 is 18.0 Å². The number of nitrogens with one attached hydrogen (secondary N) is 2. The van der Waals surface area contributed by atoms with Crippen molar-refractivity contribution >= 4 is 18.0 Å². The third kappa shape index (κ3) is 5.35. The van der Waals surface area contributed by atoms with Crippen molar-refractivity contribution in [2.45, 2.75) is 6.92 Å². The second kappa shape index (κ2) is 9.41. The van der Waals surface area contributed by atoms with Crippen LogP contribution in [0.3, 0.4) is 0 Å². The van der Waals surface area contributed by atoms with Crippen molar-refractivity contribution in [3.8, 4) is 11.5 Å². The van der Waals surface area contributed by atoms with Gasteiger partial charge in [-0.05, 0) is 43.3 Å². The van der Waals surface area contributed by atoms with Gasteiger partial charge in [-0.3, -0.25) is 0 Å². The molecule has 0 radical (unpaired) electrons. The molecule has 0 atom stereocenters. The summed E-state index contributed by atoms with van der Waals surface area (Å²) in [6.45, 7) is 1.62. The number of hydrogen-bond donors (Lipinski definition) is 2. The van der Waals surface area contributed by atoms with Crippen LogP contribution in [0.5, 0.6) is 11.5 Å². The summed E-state index contributed by atoms with van der Waals surface area (Å²) >= 11 is 0. The van der Waals surface area contributed by atoms with Gasteiger partial charge in [0.25, 0.3) is 0 Å². The number of urea groups is 1. The Bertz CT molecular complexity index is 922. The molecule has 0 saturated heterocycles. The van der Waals surface area contributed by atoms with Crippen molar-refractivity contribution in [3.05, 3.63) is 71.4 Å². The van der Waals surface area contributed by atoms with E-state index < -0.39 is 18.0 Å². The van der Waals surface area contributed by atoms with Crippen molar-refractivity contribution in [3.63, 3.8) is 0 Å². The largest absolute Gasteiger partial charge is 0.463 e. The second-order valence-corrected chi connectivity index (χ2v) is 6.00. The maximum atomic E-state index is 12.3. The van der Waals surface area contributed by atoms with E-state index in [4.69, 9.17) is 14.2 Å². The summed E-state index contributed by atoms with van der Waals surface area (Å²) in [5, 5.41) is 4.96. The van der Waals surface area contributed by atoms with Gasteiger partial charge in [0, 0.05) is 0 Å². The van der Waals surface area contributed by atoms with Gasteiger partial charge in [-0.15, -0.1) is 0 Å².